The minimum Gasteiger partial charge on any atom is -0.486 e. The zero-order valence-corrected chi connectivity index (χ0v) is 15.1. The molecular weight excluding hydrogens is 342 g/mol. The summed E-state index contributed by atoms with van der Waals surface area (Å²) in [6.07, 6.45) is 3.66. The van der Waals surface area contributed by atoms with E-state index >= 15 is 0 Å². The molecule has 0 fully saturated rings. The molecule has 0 spiro atoms. The quantitative estimate of drug-likeness (QED) is 0.756. The maximum absolute atomic E-state index is 12.6. The van der Waals surface area contributed by atoms with E-state index in [4.69, 9.17) is 9.47 Å². The van der Waals surface area contributed by atoms with Gasteiger partial charge >= 0.3 is 0 Å². The number of fused-ring (bicyclic) bond motifs is 1. The standard InChI is InChI=1S/C21H21N3O3/c1-15(18-7-8-19-20(13-18)27-12-11-26-19)23-21(25)17-5-3-16(4-6-17)14-24-10-2-9-22-24/h2-10,13,15H,11-12,14H2,1H3,(H,23,25). The fourth-order valence-corrected chi connectivity index (χ4v) is 3.04. The lowest BCUT2D eigenvalue weighted by molar-refractivity contribution is 0.0939. The van der Waals surface area contributed by atoms with Crippen LogP contribution in [0.4, 0.5) is 0 Å². The maximum atomic E-state index is 12.6. The number of carbonyl (C=O) groups excluding carboxylic acids is 1. The minimum absolute atomic E-state index is 0.108. The molecule has 1 atom stereocenters. The summed E-state index contributed by atoms with van der Waals surface area (Å²) in [5.74, 6) is 1.36. The van der Waals surface area contributed by atoms with Crippen LogP contribution < -0.4 is 14.8 Å². The molecule has 138 valence electrons. The average molecular weight is 363 g/mol. The number of nitrogens with one attached hydrogen (secondary N) is 1. The van der Waals surface area contributed by atoms with E-state index in [0.717, 1.165) is 22.6 Å². The molecule has 4 rings (SSSR count). The summed E-state index contributed by atoms with van der Waals surface area (Å²) >= 11 is 0. The second-order valence-corrected chi connectivity index (χ2v) is 6.50. The number of ether oxygens (including phenoxy) is 2. The summed E-state index contributed by atoms with van der Waals surface area (Å²) < 4.78 is 13.0. The van der Waals surface area contributed by atoms with Crippen molar-refractivity contribution in [2.75, 3.05) is 13.2 Å². The molecule has 0 saturated carbocycles. The van der Waals surface area contributed by atoms with Crippen molar-refractivity contribution < 1.29 is 14.3 Å². The molecule has 1 aliphatic rings. The summed E-state index contributed by atoms with van der Waals surface area (Å²) in [7, 11) is 0. The number of aromatic nitrogens is 2. The van der Waals surface area contributed by atoms with Gasteiger partial charge in [0.15, 0.2) is 11.5 Å². The topological polar surface area (TPSA) is 65.4 Å². The number of hydrogen-bond donors (Lipinski definition) is 1. The van der Waals surface area contributed by atoms with Gasteiger partial charge in [0.1, 0.15) is 13.2 Å². The first-order valence-electron chi connectivity index (χ1n) is 8.96. The van der Waals surface area contributed by atoms with Gasteiger partial charge in [-0.2, -0.15) is 5.10 Å². The van der Waals surface area contributed by atoms with Crippen molar-refractivity contribution in [3.8, 4) is 11.5 Å². The highest BCUT2D eigenvalue weighted by molar-refractivity contribution is 5.94. The third kappa shape index (κ3) is 3.95. The lowest BCUT2D eigenvalue weighted by Gasteiger charge is -2.21. The molecule has 0 aliphatic carbocycles. The molecular formula is C21H21N3O3. The van der Waals surface area contributed by atoms with Crippen LogP contribution >= 0.6 is 0 Å². The van der Waals surface area contributed by atoms with Gasteiger partial charge in [-0.25, -0.2) is 0 Å². The van der Waals surface area contributed by atoms with Gasteiger partial charge in [0, 0.05) is 18.0 Å². The smallest absolute Gasteiger partial charge is 0.251 e. The minimum atomic E-state index is -0.142. The Balaban J connectivity index is 1.41. The molecule has 1 aliphatic heterocycles. The van der Waals surface area contributed by atoms with Gasteiger partial charge in [-0.1, -0.05) is 18.2 Å². The normalized spacial score (nSPS) is 13.8. The molecule has 0 bridgehead atoms. The molecule has 2 heterocycles. The van der Waals surface area contributed by atoms with Crippen LogP contribution in [0.25, 0.3) is 0 Å². The first kappa shape index (κ1) is 17.1. The highest BCUT2D eigenvalue weighted by Gasteiger charge is 2.16. The van der Waals surface area contributed by atoms with Gasteiger partial charge in [-0.3, -0.25) is 9.48 Å². The first-order valence-corrected chi connectivity index (χ1v) is 8.96. The van der Waals surface area contributed by atoms with Gasteiger partial charge in [-0.05, 0) is 48.4 Å². The highest BCUT2D eigenvalue weighted by Crippen LogP contribution is 2.32. The number of nitrogens with zero attached hydrogens (tertiary/aromatic N) is 2. The highest BCUT2D eigenvalue weighted by atomic mass is 16.6. The SMILES string of the molecule is CC(NC(=O)c1ccc(Cn2cccn2)cc1)c1ccc2c(c1)OCCO2. The lowest BCUT2D eigenvalue weighted by Crippen LogP contribution is -2.26. The zero-order valence-electron chi connectivity index (χ0n) is 15.1. The van der Waals surface area contributed by atoms with Gasteiger partial charge in [0.25, 0.3) is 5.91 Å². The third-order valence-electron chi connectivity index (χ3n) is 4.53. The van der Waals surface area contributed by atoms with Gasteiger partial charge in [-0.15, -0.1) is 0 Å². The van der Waals surface area contributed by atoms with Crippen molar-refractivity contribution in [3.05, 3.63) is 77.6 Å². The Kier molecular flexibility index (Phi) is 4.78. The predicted octanol–water partition coefficient (Wildman–Crippen LogP) is 3.19. The molecule has 2 aromatic carbocycles. The van der Waals surface area contributed by atoms with Gasteiger partial charge in [0.05, 0.1) is 12.6 Å². The molecule has 0 radical (unpaired) electrons. The molecule has 1 amide bonds. The van der Waals surface area contributed by atoms with E-state index in [2.05, 4.69) is 10.4 Å². The van der Waals surface area contributed by atoms with Crippen molar-refractivity contribution in [3.63, 3.8) is 0 Å². The Morgan fingerprint density at radius 3 is 2.67 bits per heavy atom. The molecule has 1 N–H and O–H groups in total. The number of rotatable bonds is 5. The van der Waals surface area contributed by atoms with Crippen LogP contribution in [0.5, 0.6) is 11.5 Å². The Hall–Kier alpha value is -3.28. The number of hydrogen-bond acceptors (Lipinski definition) is 4. The van der Waals surface area contributed by atoms with Crippen molar-refractivity contribution >= 4 is 5.91 Å². The van der Waals surface area contributed by atoms with Crippen molar-refractivity contribution in [1.29, 1.82) is 0 Å². The van der Waals surface area contributed by atoms with E-state index in [1.165, 1.54) is 0 Å². The van der Waals surface area contributed by atoms with Crippen LogP contribution in [0.3, 0.4) is 0 Å². The monoisotopic (exact) mass is 363 g/mol. The Morgan fingerprint density at radius 2 is 1.93 bits per heavy atom. The number of carbonyl (C=O) groups is 1. The van der Waals surface area contributed by atoms with Gasteiger partial charge in [0.2, 0.25) is 0 Å². The van der Waals surface area contributed by atoms with E-state index in [1.807, 2.05) is 66.3 Å². The van der Waals surface area contributed by atoms with Crippen LogP contribution in [-0.2, 0) is 6.54 Å². The third-order valence-corrected chi connectivity index (χ3v) is 4.53. The van der Waals surface area contributed by atoms with Crippen molar-refractivity contribution in [2.45, 2.75) is 19.5 Å². The van der Waals surface area contributed by atoms with Crippen LogP contribution in [0.1, 0.15) is 34.5 Å². The van der Waals surface area contributed by atoms with Crippen LogP contribution in [-0.4, -0.2) is 28.9 Å². The van der Waals surface area contributed by atoms with E-state index < -0.39 is 0 Å². The number of amides is 1. The van der Waals surface area contributed by atoms with Crippen molar-refractivity contribution in [1.82, 2.24) is 15.1 Å². The second kappa shape index (κ2) is 7.53. The Labute approximate surface area is 157 Å². The molecule has 6 heteroatoms. The van der Waals surface area contributed by atoms with Crippen LogP contribution in [0.15, 0.2) is 60.9 Å². The second-order valence-electron chi connectivity index (χ2n) is 6.50. The van der Waals surface area contributed by atoms with Crippen LogP contribution in [0.2, 0.25) is 0 Å². The van der Waals surface area contributed by atoms with Gasteiger partial charge < -0.3 is 14.8 Å². The molecule has 1 aromatic heterocycles. The Bertz CT molecular complexity index is 920. The van der Waals surface area contributed by atoms with Crippen LogP contribution in [0, 0.1) is 0 Å². The Morgan fingerprint density at radius 1 is 1.15 bits per heavy atom. The average Bonchev–Trinajstić information content (AvgIpc) is 3.21. The van der Waals surface area contributed by atoms with E-state index in [1.54, 1.807) is 6.20 Å². The molecule has 3 aromatic rings. The maximum Gasteiger partial charge on any atom is 0.251 e. The zero-order chi connectivity index (χ0) is 18.6. The molecule has 1 unspecified atom stereocenters. The number of benzene rings is 2. The van der Waals surface area contributed by atoms with E-state index in [-0.39, 0.29) is 11.9 Å². The summed E-state index contributed by atoms with van der Waals surface area (Å²) in [5, 5.41) is 7.22. The largest absolute Gasteiger partial charge is 0.486 e. The lowest BCUT2D eigenvalue weighted by atomic mass is 10.1. The fourth-order valence-electron chi connectivity index (χ4n) is 3.04. The van der Waals surface area contributed by atoms with E-state index in [9.17, 15) is 4.79 Å². The summed E-state index contributed by atoms with van der Waals surface area (Å²) in [4.78, 5) is 12.6. The predicted molar refractivity (Wildman–Crippen MR) is 101 cm³/mol. The fraction of sp³-hybridized carbons (Fsp3) is 0.238. The summed E-state index contributed by atoms with van der Waals surface area (Å²) in [5.41, 5.74) is 2.70. The summed E-state index contributed by atoms with van der Waals surface area (Å²) in [6.45, 7) is 3.75. The molecule has 6 nitrogen and oxygen atoms in total. The first-order chi connectivity index (χ1) is 13.2. The van der Waals surface area contributed by atoms with Crippen molar-refractivity contribution in [2.24, 2.45) is 0 Å². The summed E-state index contributed by atoms with van der Waals surface area (Å²) in [6, 6.07) is 15.1. The van der Waals surface area contributed by atoms with E-state index in [0.29, 0.717) is 25.3 Å². The molecule has 27 heavy (non-hydrogen) atoms. The molecule has 0 saturated heterocycles.